The van der Waals surface area contributed by atoms with Gasteiger partial charge in [-0.2, -0.15) is 0 Å². The third-order valence-electron chi connectivity index (χ3n) is 4.21. The summed E-state index contributed by atoms with van der Waals surface area (Å²) >= 11 is 0. The number of aromatic carboxylic acids is 1. The van der Waals surface area contributed by atoms with Crippen molar-refractivity contribution < 1.29 is 35.2 Å². The van der Waals surface area contributed by atoms with E-state index in [0.717, 1.165) is 6.07 Å². The lowest BCUT2D eigenvalue weighted by atomic mass is 9.92. The normalized spacial score (nSPS) is 12.7. The molecule has 3 rings (SSSR count). The lowest BCUT2D eigenvalue weighted by Gasteiger charge is -2.10. The number of rotatable bonds is 5. The minimum absolute atomic E-state index is 0. The van der Waals surface area contributed by atoms with Crippen molar-refractivity contribution >= 4 is 29.5 Å². The van der Waals surface area contributed by atoms with Crippen LogP contribution in [-0.2, 0) is 4.74 Å². The monoisotopic (exact) mass is 368 g/mol. The van der Waals surface area contributed by atoms with Gasteiger partial charge < -0.3 is 9.84 Å². The van der Waals surface area contributed by atoms with E-state index in [9.17, 15) is 29.1 Å². The highest BCUT2D eigenvalue weighted by Gasteiger charge is 2.30. The van der Waals surface area contributed by atoms with Crippen molar-refractivity contribution in [2.75, 3.05) is 0 Å². The molecule has 27 heavy (non-hydrogen) atoms. The smallest absolute Gasteiger partial charge is 0.346 e. The molecular formula is C20H16O7. The maximum atomic E-state index is 12.7. The molecule has 2 aromatic carbocycles. The fraction of sp³-hybridized carbons (Fsp3) is 0.150. The molecule has 1 aliphatic heterocycles. The molecule has 7 nitrogen and oxygen atoms in total. The second-order valence-corrected chi connectivity index (χ2v) is 6.35. The second-order valence-electron chi connectivity index (χ2n) is 6.35. The van der Waals surface area contributed by atoms with E-state index >= 15 is 0 Å². The molecule has 0 bridgehead atoms. The average Bonchev–Trinajstić information content (AvgIpc) is 2.93. The molecule has 1 heterocycles. The number of carbonyl (C=O) groups is 5. The number of ketones is 2. The van der Waals surface area contributed by atoms with Crippen molar-refractivity contribution in [2.45, 2.75) is 13.8 Å². The molecule has 138 valence electrons. The first kappa shape index (κ1) is 18.2. The molecule has 0 atom stereocenters. The van der Waals surface area contributed by atoms with Gasteiger partial charge in [0.25, 0.3) is 0 Å². The van der Waals surface area contributed by atoms with Crippen LogP contribution >= 0.6 is 0 Å². The SMILES string of the molecule is CC(C)C(=O)c1ccc(C(=O)c2ccc3c(c2)C(=O)OC3=O)cc1C(=O)O.[HH]. The van der Waals surface area contributed by atoms with Gasteiger partial charge in [-0.1, -0.05) is 26.0 Å². The third-order valence-corrected chi connectivity index (χ3v) is 4.21. The summed E-state index contributed by atoms with van der Waals surface area (Å²) in [7, 11) is 0. The van der Waals surface area contributed by atoms with E-state index < -0.39 is 29.6 Å². The van der Waals surface area contributed by atoms with Crippen LogP contribution in [0.4, 0.5) is 0 Å². The highest BCUT2D eigenvalue weighted by Crippen LogP contribution is 2.24. The summed E-state index contributed by atoms with van der Waals surface area (Å²) in [6.07, 6.45) is 0. The van der Waals surface area contributed by atoms with E-state index in [4.69, 9.17) is 0 Å². The number of carboxylic acids is 1. The van der Waals surface area contributed by atoms with Gasteiger partial charge in [-0.15, -0.1) is 0 Å². The zero-order valence-electron chi connectivity index (χ0n) is 14.4. The zero-order chi connectivity index (χ0) is 19.9. The maximum Gasteiger partial charge on any atom is 0.346 e. The number of esters is 2. The Hall–Kier alpha value is -3.61. The molecule has 2 aromatic rings. The van der Waals surface area contributed by atoms with Crippen LogP contribution in [0.2, 0.25) is 0 Å². The van der Waals surface area contributed by atoms with Gasteiger partial charge in [0, 0.05) is 24.0 Å². The van der Waals surface area contributed by atoms with Gasteiger partial charge in [0.2, 0.25) is 0 Å². The summed E-state index contributed by atoms with van der Waals surface area (Å²) < 4.78 is 4.48. The molecule has 0 spiro atoms. The molecule has 0 aromatic heterocycles. The van der Waals surface area contributed by atoms with Gasteiger partial charge in [0.1, 0.15) is 0 Å². The predicted octanol–water partition coefficient (Wildman–Crippen LogP) is 3.01. The predicted molar refractivity (Wildman–Crippen MR) is 94.3 cm³/mol. The number of cyclic esters (lactones) is 2. The fourth-order valence-electron chi connectivity index (χ4n) is 2.78. The van der Waals surface area contributed by atoms with Gasteiger partial charge in [-0.3, -0.25) is 9.59 Å². The summed E-state index contributed by atoms with van der Waals surface area (Å²) in [5.41, 5.74) is -0.0472. The van der Waals surface area contributed by atoms with Crippen LogP contribution < -0.4 is 0 Å². The third kappa shape index (κ3) is 3.15. The van der Waals surface area contributed by atoms with E-state index in [-0.39, 0.29) is 40.6 Å². The molecular weight excluding hydrogens is 352 g/mol. The Bertz CT molecular complexity index is 1040. The van der Waals surface area contributed by atoms with Crippen LogP contribution in [0.5, 0.6) is 0 Å². The molecule has 0 aliphatic carbocycles. The summed E-state index contributed by atoms with van der Waals surface area (Å²) in [6.45, 7) is 3.30. The zero-order valence-corrected chi connectivity index (χ0v) is 14.4. The lowest BCUT2D eigenvalue weighted by molar-refractivity contribution is 0.0442. The van der Waals surface area contributed by atoms with Crippen molar-refractivity contribution in [3.8, 4) is 0 Å². The Morgan fingerprint density at radius 2 is 1.48 bits per heavy atom. The topological polar surface area (TPSA) is 115 Å². The Balaban J connectivity index is 0.00000280. The van der Waals surface area contributed by atoms with Crippen molar-refractivity contribution in [3.63, 3.8) is 0 Å². The molecule has 1 N–H and O–H groups in total. The molecule has 1 aliphatic rings. The summed E-state index contributed by atoms with van der Waals surface area (Å²) in [6, 6.07) is 7.71. The molecule has 0 saturated carbocycles. The van der Waals surface area contributed by atoms with Crippen molar-refractivity contribution in [1.29, 1.82) is 0 Å². The number of hydrogen-bond donors (Lipinski definition) is 1. The number of carboxylic acid groups (broad SMARTS) is 1. The van der Waals surface area contributed by atoms with Crippen LogP contribution in [0.3, 0.4) is 0 Å². The van der Waals surface area contributed by atoms with E-state index in [1.165, 1.54) is 30.3 Å². The highest BCUT2D eigenvalue weighted by atomic mass is 16.6. The largest absolute Gasteiger partial charge is 0.478 e. The fourth-order valence-corrected chi connectivity index (χ4v) is 2.78. The minimum Gasteiger partial charge on any atom is -0.478 e. The molecule has 0 amide bonds. The lowest BCUT2D eigenvalue weighted by Crippen LogP contribution is -2.15. The highest BCUT2D eigenvalue weighted by molar-refractivity contribution is 6.17. The first-order chi connectivity index (χ1) is 12.7. The van der Waals surface area contributed by atoms with Crippen molar-refractivity contribution in [2.24, 2.45) is 5.92 Å². The van der Waals surface area contributed by atoms with Crippen LogP contribution in [0.25, 0.3) is 0 Å². The van der Waals surface area contributed by atoms with Gasteiger partial charge in [0.15, 0.2) is 11.6 Å². The number of fused-ring (bicyclic) bond motifs is 1. The van der Waals surface area contributed by atoms with Crippen LogP contribution in [0, 0.1) is 5.92 Å². The molecule has 7 heteroatoms. The summed E-state index contributed by atoms with van der Waals surface area (Å²) in [4.78, 5) is 59.5. The van der Waals surface area contributed by atoms with E-state index in [1.54, 1.807) is 13.8 Å². The number of ether oxygens (including phenoxy) is 1. The standard InChI is InChI=1S/C20H14O7.H2/c1-9(2)16(21)12-5-3-10(7-14(12)18(23)24)17(22)11-4-6-13-15(8-11)20(26)27-19(13)25;/h3-9H,1-2H3,(H,23,24);1H. The number of carbonyl (C=O) groups excluding carboxylic acids is 4. The number of hydrogen-bond acceptors (Lipinski definition) is 6. The van der Waals surface area contributed by atoms with Crippen LogP contribution in [-0.4, -0.2) is 34.6 Å². The minimum atomic E-state index is -1.32. The Morgan fingerprint density at radius 3 is 2.11 bits per heavy atom. The quantitative estimate of drug-likeness (QED) is 0.490. The van der Waals surface area contributed by atoms with Crippen LogP contribution in [0.1, 0.15) is 72.6 Å². The Labute approximate surface area is 155 Å². The summed E-state index contributed by atoms with van der Waals surface area (Å²) in [5, 5.41) is 9.40. The summed E-state index contributed by atoms with van der Waals surface area (Å²) in [5.74, 6) is -4.23. The van der Waals surface area contributed by atoms with E-state index in [0.29, 0.717) is 0 Å². The van der Waals surface area contributed by atoms with Gasteiger partial charge in [0.05, 0.1) is 16.7 Å². The Kier molecular flexibility index (Phi) is 4.45. The molecule has 0 radical (unpaired) electrons. The number of benzene rings is 2. The molecule has 0 saturated heterocycles. The second kappa shape index (κ2) is 6.60. The molecule has 0 fully saturated rings. The average molecular weight is 368 g/mol. The van der Waals surface area contributed by atoms with Crippen LogP contribution in [0.15, 0.2) is 36.4 Å². The number of Topliss-reactive ketones (excluding diaryl/α,β-unsaturated/α-hetero) is 1. The van der Waals surface area contributed by atoms with Crippen molar-refractivity contribution in [3.05, 3.63) is 69.8 Å². The Morgan fingerprint density at radius 1 is 0.889 bits per heavy atom. The maximum absolute atomic E-state index is 12.7. The molecule has 0 unspecified atom stereocenters. The van der Waals surface area contributed by atoms with Gasteiger partial charge >= 0.3 is 17.9 Å². The van der Waals surface area contributed by atoms with Gasteiger partial charge in [-0.05, 0) is 24.3 Å². The van der Waals surface area contributed by atoms with Gasteiger partial charge in [-0.25, -0.2) is 14.4 Å². The first-order valence-electron chi connectivity index (χ1n) is 8.07. The van der Waals surface area contributed by atoms with E-state index in [1.807, 2.05) is 0 Å². The van der Waals surface area contributed by atoms with E-state index in [2.05, 4.69) is 4.74 Å². The van der Waals surface area contributed by atoms with Crippen molar-refractivity contribution in [1.82, 2.24) is 0 Å². The first-order valence-corrected chi connectivity index (χ1v) is 8.07.